The van der Waals surface area contributed by atoms with Crippen LogP contribution in [0.2, 0.25) is 0 Å². The summed E-state index contributed by atoms with van der Waals surface area (Å²) >= 11 is 0. The van der Waals surface area contributed by atoms with Gasteiger partial charge in [-0.2, -0.15) is 0 Å². The minimum Gasteiger partial charge on any atom is -0.496 e. The largest absolute Gasteiger partial charge is 0.496 e. The molecule has 1 aliphatic carbocycles. The molecule has 0 aliphatic heterocycles. The molecule has 19 heavy (non-hydrogen) atoms. The Labute approximate surface area is 115 Å². The van der Waals surface area contributed by atoms with Crippen molar-refractivity contribution in [3.05, 3.63) is 29.5 Å². The lowest BCUT2D eigenvalue weighted by molar-refractivity contribution is 0.328. The number of methoxy groups -OCH3 is 1. The van der Waals surface area contributed by atoms with Crippen LogP contribution in [0.4, 0.5) is 0 Å². The molecule has 0 unspecified atom stereocenters. The van der Waals surface area contributed by atoms with Crippen LogP contribution in [-0.4, -0.2) is 12.1 Å². The molecule has 2 heteroatoms. The van der Waals surface area contributed by atoms with Gasteiger partial charge < -0.3 is 9.72 Å². The fraction of sp³-hybridized carbons (Fsp3) is 0.529. The third-order valence-electron chi connectivity index (χ3n) is 5.08. The quantitative estimate of drug-likeness (QED) is 0.856. The molecule has 0 saturated carbocycles. The van der Waals surface area contributed by atoms with Crippen LogP contribution < -0.4 is 4.74 Å². The SMILES string of the molecule is CCC1(CC)CCCc2c1[nH]c1cccc(OC)c21. The summed E-state index contributed by atoms with van der Waals surface area (Å²) in [4.78, 5) is 3.70. The van der Waals surface area contributed by atoms with Crippen molar-refractivity contribution in [3.63, 3.8) is 0 Å². The monoisotopic (exact) mass is 257 g/mol. The maximum atomic E-state index is 5.57. The first kappa shape index (κ1) is 12.6. The molecule has 2 nitrogen and oxygen atoms in total. The minimum atomic E-state index is 0.345. The Morgan fingerprint density at radius 3 is 2.74 bits per heavy atom. The second-order valence-electron chi connectivity index (χ2n) is 5.70. The van der Waals surface area contributed by atoms with Gasteiger partial charge in [-0.15, -0.1) is 0 Å². The van der Waals surface area contributed by atoms with Gasteiger partial charge in [-0.1, -0.05) is 19.9 Å². The molecular weight excluding hydrogens is 234 g/mol. The molecule has 1 aromatic heterocycles. The van der Waals surface area contributed by atoms with Crippen LogP contribution in [0.5, 0.6) is 5.75 Å². The van der Waals surface area contributed by atoms with Crippen LogP contribution in [0.25, 0.3) is 10.9 Å². The number of ether oxygens (including phenoxy) is 1. The van der Waals surface area contributed by atoms with Gasteiger partial charge in [-0.05, 0) is 49.8 Å². The summed E-state index contributed by atoms with van der Waals surface area (Å²) < 4.78 is 5.57. The molecule has 2 aromatic rings. The maximum absolute atomic E-state index is 5.57. The highest BCUT2D eigenvalue weighted by Crippen LogP contribution is 2.46. The number of nitrogens with one attached hydrogen (secondary N) is 1. The number of hydrogen-bond acceptors (Lipinski definition) is 1. The summed E-state index contributed by atoms with van der Waals surface area (Å²) in [5.74, 6) is 1.01. The second kappa shape index (κ2) is 4.59. The molecule has 0 fully saturated rings. The summed E-state index contributed by atoms with van der Waals surface area (Å²) in [6, 6.07) is 6.32. The summed E-state index contributed by atoms with van der Waals surface area (Å²) in [6.45, 7) is 4.64. The summed E-state index contributed by atoms with van der Waals surface area (Å²) in [6.07, 6.45) is 6.20. The lowest BCUT2D eigenvalue weighted by atomic mass is 9.70. The highest BCUT2D eigenvalue weighted by molar-refractivity contribution is 5.91. The second-order valence-corrected chi connectivity index (χ2v) is 5.70. The number of aromatic amines is 1. The van der Waals surface area contributed by atoms with Crippen LogP contribution in [-0.2, 0) is 11.8 Å². The summed E-state index contributed by atoms with van der Waals surface area (Å²) in [5, 5.41) is 1.31. The Balaban J connectivity index is 2.30. The summed E-state index contributed by atoms with van der Waals surface area (Å²) in [5.41, 5.74) is 4.56. The molecule has 0 radical (unpaired) electrons. The van der Waals surface area contributed by atoms with E-state index in [0.717, 1.165) is 5.75 Å². The molecule has 1 heterocycles. The van der Waals surface area contributed by atoms with Gasteiger partial charge in [0.05, 0.1) is 7.11 Å². The number of H-pyrrole nitrogens is 1. The minimum absolute atomic E-state index is 0.345. The Bertz CT molecular complexity index is 593. The van der Waals surface area contributed by atoms with E-state index in [4.69, 9.17) is 4.74 Å². The number of hydrogen-bond donors (Lipinski definition) is 1. The van der Waals surface area contributed by atoms with Crippen molar-refractivity contribution in [1.29, 1.82) is 0 Å². The normalized spacial score (nSPS) is 17.4. The molecule has 1 N–H and O–H groups in total. The topological polar surface area (TPSA) is 25.0 Å². The number of aromatic nitrogens is 1. The van der Waals surface area contributed by atoms with E-state index in [1.165, 1.54) is 54.3 Å². The van der Waals surface area contributed by atoms with E-state index in [2.05, 4.69) is 37.0 Å². The van der Waals surface area contributed by atoms with Gasteiger partial charge in [0.1, 0.15) is 5.75 Å². The van der Waals surface area contributed by atoms with Gasteiger partial charge in [-0.25, -0.2) is 0 Å². The van der Waals surface area contributed by atoms with Gasteiger partial charge in [-0.3, -0.25) is 0 Å². The van der Waals surface area contributed by atoms with E-state index in [-0.39, 0.29) is 0 Å². The van der Waals surface area contributed by atoms with E-state index in [9.17, 15) is 0 Å². The van der Waals surface area contributed by atoms with Gasteiger partial charge in [0, 0.05) is 22.0 Å². The van der Waals surface area contributed by atoms with Crippen LogP contribution in [0, 0.1) is 0 Å². The lowest BCUT2D eigenvalue weighted by Crippen LogP contribution is -2.29. The number of fused-ring (bicyclic) bond motifs is 3. The molecule has 102 valence electrons. The molecule has 0 saturated heterocycles. The molecule has 0 atom stereocenters. The highest BCUT2D eigenvalue weighted by atomic mass is 16.5. The van der Waals surface area contributed by atoms with Gasteiger partial charge in [0.2, 0.25) is 0 Å². The number of rotatable bonds is 3. The first-order valence-corrected chi connectivity index (χ1v) is 7.43. The van der Waals surface area contributed by atoms with Crippen molar-refractivity contribution in [2.45, 2.75) is 51.4 Å². The molecule has 3 rings (SSSR count). The third-order valence-corrected chi connectivity index (χ3v) is 5.08. The van der Waals surface area contributed by atoms with E-state index < -0.39 is 0 Å². The number of benzene rings is 1. The fourth-order valence-corrected chi connectivity index (χ4v) is 3.84. The van der Waals surface area contributed by atoms with Crippen molar-refractivity contribution in [2.24, 2.45) is 0 Å². The smallest absolute Gasteiger partial charge is 0.128 e. The average molecular weight is 257 g/mol. The van der Waals surface area contributed by atoms with Crippen molar-refractivity contribution >= 4 is 10.9 Å². The molecule has 1 aliphatic rings. The maximum Gasteiger partial charge on any atom is 0.128 e. The first-order valence-electron chi connectivity index (χ1n) is 7.43. The molecule has 0 spiro atoms. The summed E-state index contributed by atoms with van der Waals surface area (Å²) in [7, 11) is 1.77. The molecular formula is C17H23NO. The zero-order valence-electron chi connectivity index (χ0n) is 12.2. The average Bonchev–Trinajstić information content (AvgIpc) is 2.86. The third kappa shape index (κ3) is 1.69. The lowest BCUT2D eigenvalue weighted by Gasteiger charge is -2.36. The van der Waals surface area contributed by atoms with Crippen molar-refractivity contribution in [2.75, 3.05) is 7.11 Å². The fourth-order valence-electron chi connectivity index (χ4n) is 3.84. The van der Waals surface area contributed by atoms with Gasteiger partial charge in [0.15, 0.2) is 0 Å². The van der Waals surface area contributed by atoms with E-state index in [1.807, 2.05) is 0 Å². The van der Waals surface area contributed by atoms with E-state index in [1.54, 1.807) is 7.11 Å². The van der Waals surface area contributed by atoms with Gasteiger partial charge >= 0.3 is 0 Å². The Hall–Kier alpha value is -1.44. The molecule has 0 amide bonds. The first-order chi connectivity index (χ1) is 9.25. The predicted molar refractivity (Wildman–Crippen MR) is 80.0 cm³/mol. The Morgan fingerprint density at radius 2 is 2.05 bits per heavy atom. The predicted octanol–water partition coefficient (Wildman–Crippen LogP) is 4.57. The Kier molecular flexibility index (Phi) is 3.04. The zero-order chi connectivity index (χ0) is 13.5. The van der Waals surface area contributed by atoms with Gasteiger partial charge in [0.25, 0.3) is 0 Å². The van der Waals surface area contributed by atoms with Crippen molar-refractivity contribution < 1.29 is 4.74 Å². The Morgan fingerprint density at radius 1 is 1.26 bits per heavy atom. The zero-order valence-corrected chi connectivity index (χ0v) is 12.2. The molecule has 0 bridgehead atoms. The van der Waals surface area contributed by atoms with Crippen LogP contribution >= 0.6 is 0 Å². The van der Waals surface area contributed by atoms with Crippen LogP contribution in [0.1, 0.15) is 50.8 Å². The highest BCUT2D eigenvalue weighted by Gasteiger charge is 2.36. The van der Waals surface area contributed by atoms with Crippen molar-refractivity contribution in [3.8, 4) is 5.75 Å². The van der Waals surface area contributed by atoms with Crippen molar-refractivity contribution in [1.82, 2.24) is 4.98 Å². The van der Waals surface area contributed by atoms with Crippen LogP contribution in [0.3, 0.4) is 0 Å². The van der Waals surface area contributed by atoms with Crippen LogP contribution in [0.15, 0.2) is 18.2 Å². The number of aryl methyl sites for hydroxylation is 1. The molecule has 1 aromatic carbocycles. The standard InChI is InChI=1S/C17H23NO/c1-4-17(5-2)11-7-8-12-15-13(18-16(12)17)9-6-10-14(15)19-3/h6,9-10,18H,4-5,7-8,11H2,1-3H3. The van der Waals surface area contributed by atoms with E-state index >= 15 is 0 Å². The van der Waals surface area contributed by atoms with E-state index in [0.29, 0.717) is 5.41 Å².